The van der Waals surface area contributed by atoms with Crippen molar-refractivity contribution >= 4 is 44.1 Å². The van der Waals surface area contributed by atoms with Crippen LogP contribution < -0.4 is 9.64 Å². The summed E-state index contributed by atoms with van der Waals surface area (Å²) in [6.45, 7) is 0. The predicted molar refractivity (Wildman–Crippen MR) is 124 cm³/mol. The minimum Gasteiger partial charge on any atom is -0.507 e. The highest BCUT2D eigenvalue weighted by atomic mass is 32.1. The van der Waals surface area contributed by atoms with Crippen molar-refractivity contribution in [3.63, 3.8) is 0 Å². The number of ether oxygens (including phenoxy) is 1. The molecule has 1 aliphatic rings. The summed E-state index contributed by atoms with van der Waals surface area (Å²) in [6.07, 6.45) is 0. The van der Waals surface area contributed by atoms with E-state index in [0.29, 0.717) is 27.1 Å². The normalized spacial score (nSPS) is 17.5. The van der Waals surface area contributed by atoms with Crippen molar-refractivity contribution in [2.45, 2.75) is 6.04 Å². The van der Waals surface area contributed by atoms with Gasteiger partial charge in [0.15, 0.2) is 5.13 Å². The zero-order valence-electron chi connectivity index (χ0n) is 17.7. The molecule has 9 heteroatoms. The molecule has 1 aliphatic heterocycles. The smallest absolute Gasteiger partial charge is 0.301 e. The van der Waals surface area contributed by atoms with Crippen molar-refractivity contribution in [1.82, 2.24) is 4.98 Å². The lowest BCUT2D eigenvalue weighted by atomic mass is 9.95. The highest BCUT2D eigenvalue weighted by Crippen LogP contribution is 2.44. The number of aliphatic hydroxyl groups excluding tert-OH is 1. The molecule has 0 saturated carbocycles. The number of methoxy groups -OCH3 is 1. The summed E-state index contributed by atoms with van der Waals surface area (Å²) in [7, 11) is 1.50. The molecule has 34 heavy (non-hydrogen) atoms. The Bertz CT molecular complexity index is 1460. The zero-order valence-corrected chi connectivity index (χ0v) is 18.5. The molecule has 0 spiro atoms. The van der Waals surface area contributed by atoms with E-state index in [-0.39, 0.29) is 16.5 Å². The van der Waals surface area contributed by atoms with Gasteiger partial charge in [-0.1, -0.05) is 23.5 Å². The lowest BCUT2D eigenvalue weighted by Crippen LogP contribution is -2.29. The lowest BCUT2D eigenvalue weighted by Gasteiger charge is -2.23. The number of carbonyl (C=O) groups excluding carboxylic acids is 2. The molecule has 4 aromatic rings. The molecule has 1 saturated heterocycles. The Morgan fingerprint density at radius 3 is 2.35 bits per heavy atom. The fourth-order valence-corrected chi connectivity index (χ4v) is 4.90. The van der Waals surface area contributed by atoms with Gasteiger partial charge in [0.25, 0.3) is 5.78 Å². The Morgan fingerprint density at radius 1 is 1.00 bits per heavy atom. The van der Waals surface area contributed by atoms with Crippen molar-refractivity contribution in [2.24, 2.45) is 0 Å². The molecule has 0 bridgehead atoms. The van der Waals surface area contributed by atoms with E-state index in [1.165, 1.54) is 49.6 Å². The van der Waals surface area contributed by atoms with E-state index in [1.54, 1.807) is 24.3 Å². The molecular formula is C25H16F2N2O4S. The summed E-state index contributed by atoms with van der Waals surface area (Å²) >= 11 is 1.04. The van der Waals surface area contributed by atoms with Crippen molar-refractivity contribution in [1.29, 1.82) is 0 Å². The van der Waals surface area contributed by atoms with Crippen LogP contribution in [-0.4, -0.2) is 28.9 Å². The van der Waals surface area contributed by atoms with Crippen LogP contribution in [0.3, 0.4) is 0 Å². The number of aliphatic hydroxyl groups is 1. The molecule has 1 aromatic heterocycles. The van der Waals surface area contributed by atoms with Gasteiger partial charge in [-0.25, -0.2) is 13.8 Å². The first kappa shape index (κ1) is 21.7. The molecule has 1 atom stereocenters. The maximum atomic E-state index is 13.7. The average Bonchev–Trinajstić information content (AvgIpc) is 3.37. The lowest BCUT2D eigenvalue weighted by molar-refractivity contribution is -0.132. The van der Waals surface area contributed by atoms with Gasteiger partial charge in [0.1, 0.15) is 23.1 Å². The standard InChI is InChI=1S/C25H16F2N2O4S/c1-33-17-9-4-14(5-10-17)22(30)20-21(13-2-6-15(26)7-3-13)29(24(32)23(20)31)25-28-18-11-8-16(27)12-19(18)34-25/h2-12,21,30H,1H3/t21-/m1/s1. The molecule has 1 amide bonds. The number of hydrogen-bond acceptors (Lipinski definition) is 6. The number of hydrogen-bond donors (Lipinski definition) is 1. The molecule has 2 heterocycles. The number of anilines is 1. The first-order valence-electron chi connectivity index (χ1n) is 10.1. The number of nitrogens with zero attached hydrogens (tertiary/aromatic N) is 2. The maximum Gasteiger partial charge on any atom is 0.301 e. The fourth-order valence-electron chi connectivity index (χ4n) is 3.88. The maximum absolute atomic E-state index is 13.7. The van der Waals surface area contributed by atoms with Crippen molar-refractivity contribution < 1.29 is 28.2 Å². The minimum atomic E-state index is -1.06. The summed E-state index contributed by atoms with van der Waals surface area (Å²) in [5.41, 5.74) is 1.00. The van der Waals surface area contributed by atoms with E-state index in [1.807, 2.05) is 0 Å². The Balaban J connectivity index is 1.71. The van der Waals surface area contributed by atoms with Crippen LogP contribution in [0.25, 0.3) is 16.0 Å². The van der Waals surface area contributed by atoms with E-state index in [2.05, 4.69) is 4.98 Å². The van der Waals surface area contributed by atoms with Crippen molar-refractivity contribution in [3.8, 4) is 5.75 Å². The number of fused-ring (bicyclic) bond motifs is 1. The van der Waals surface area contributed by atoms with Crippen molar-refractivity contribution in [3.05, 3.63) is 95.1 Å². The van der Waals surface area contributed by atoms with E-state index >= 15 is 0 Å². The Morgan fingerprint density at radius 2 is 1.68 bits per heavy atom. The number of ketones is 1. The Labute approximate surface area is 196 Å². The van der Waals surface area contributed by atoms with Gasteiger partial charge in [-0.15, -0.1) is 0 Å². The molecule has 0 radical (unpaired) electrons. The fraction of sp³-hybridized carbons (Fsp3) is 0.0800. The van der Waals surface area contributed by atoms with Crippen LogP contribution in [0.15, 0.2) is 72.3 Å². The SMILES string of the molecule is COc1ccc(C(O)=C2C(=O)C(=O)N(c3nc4ccc(F)cc4s3)[C@@H]2c2ccc(F)cc2)cc1. The Hall–Kier alpha value is -4.11. The molecule has 170 valence electrons. The summed E-state index contributed by atoms with van der Waals surface area (Å²) < 4.78 is 33.0. The number of amides is 1. The summed E-state index contributed by atoms with van der Waals surface area (Å²) in [5.74, 6) is -2.60. The molecule has 1 fully saturated rings. The number of aromatic nitrogens is 1. The van der Waals surface area contributed by atoms with Crippen molar-refractivity contribution in [2.75, 3.05) is 12.0 Å². The summed E-state index contributed by atoms with van der Waals surface area (Å²) in [4.78, 5) is 31.9. The molecule has 1 N–H and O–H groups in total. The third-order valence-corrected chi connectivity index (χ3v) is 6.56. The van der Waals surface area contributed by atoms with Gasteiger partial charge in [0.05, 0.1) is 28.9 Å². The van der Waals surface area contributed by atoms with Crippen LogP contribution in [0, 0.1) is 11.6 Å². The monoisotopic (exact) mass is 478 g/mol. The van der Waals surface area contributed by atoms with Crippen LogP contribution >= 0.6 is 11.3 Å². The van der Waals surface area contributed by atoms with Crippen LogP contribution in [0.1, 0.15) is 17.2 Å². The number of carbonyl (C=O) groups is 2. The van der Waals surface area contributed by atoms with E-state index in [0.717, 1.165) is 16.2 Å². The second-order valence-corrected chi connectivity index (χ2v) is 8.57. The summed E-state index contributed by atoms with van der Waals surface area (Å²) in [5, 5.41) is 11.3. The van der Waals surface area contributed by atoms with E-state index < -0.39 is 29.4 Å². The number of halogens is 2. The third-order valence-electron chi connectivity index (χ3n) is 5.54. The highest BCUT2D eigenvalue weighted by molar-refractivity contribution is 7.22. The minimum absolute atomic E-state index is 0.158. The molecule has 5 rings (SSSR count). The van der Waals surface area contributed by atoms with Crippen LogP contribution in [0.4, 0.5) is 13.9 Å². The average molecular weight is 478 g/mol. The third kappa shape index (κ3) is 3.60. The van der Waals surface area contributed by atoms with Gasteiger partial charge in [-0.2, -0.15) is 0 Å². The number of Topliss-reactive ketones (excluding diaryl/α,β-unsaturated/α-hetero) is 1. The largest absolute Gasteiger partial charge is 0.507 e. The number of benzene rings is 3. The van der Waals surface area contributed by atoms with Crippen LogP contribution in [0.5, 0.6) is 5.75 Å². The van der Waals surface area contributed by atoms with E-state index in [4.69, 9.17) is 4.74 Å². The second-order valence-electron chi connectivity index (χ2n) is 7.56. The van der Waals surface area contributed by atoms with Gasteiger partial charge in [-0.05, 0) is 60.2 Å². The number of rotatable bonds is 4. The summed E-state index contributed by atoms with van der Waals surface area (Å²) in [6, 6.07) is 14.6. The second kappa shape index (κ2) is 8.35. The number of thiazole rings is 1. The first-order chi connectivity index (χ1) is 16.4. The topological polar surface area (TPSA) is 79.7 Å². The quantitative estimate of drug-likeness (QED) is 0.248. The predicted octanol–water partition coefficient (Wildman–Crippen LogP) is 5.21. The van der Waals surface area contributed by atoms with Gasteiger partial charge >= 0.3 is 5.91 Å². The molecular weight excluding hydrogens is 462 g/mol. The highest BCUT2D eigenvalue weighted by Gasteiger charge is 2.48. The van der Waals surface area contributed by atoms with Gasteiger partial charge < -0.3 is 9.84 Å². The van der Waals surface area contributed by atoms with Gasteiger partial charge in [-0.3, -0.25) is 14.5 Å². The molecule has 0 unspecified atom stereocenters. The first-order valence-corrected chi connectivity index (χ1v) is 11.0. The molecule has 0 aliphatic carbocycles. The van der Waals surface area contributed by atoms with Crippen LogP contribution in [-0.2, 0) is 9.59 Å². The molecule has 3 aromatic carbocycles. The Kier molecular flexibility index (Phi) is 5.33. The van der Waals surface area contributed by atoms with Crippen LogP contribution in [0.2, 0.25) is 0 Å². The van der Waals surface area contributed by atoms with Gasteiger partial charge in [0, 0.05) is 5.56 Å². The van der Waals surface area contributed by atoms with Gasteiger partial charge in [0.2, 0.25) is 0 Å². The van der Waals surface area contributed by atoms with E-state index in [9.17, 15) is 23.5 Å². The molecule has 6 nitrogen and oxygen atoms in total. The zero-order chi connectivity index (χ0) is 24.0.